The normalized spacial score (nSPS) is 9.83. The number of rotatable bonds is 4. The number of alkyl halides is 1. The Kier molecular flexibility index (Phi) is 5.89. The summed E-state index contributed by atoms with van der Waals surface area (Å²) in [6.07, 6.45) is 2.54. The number of fused-ring (bicyclic) bond motifs is 1. The van der Waals surface area contributed by atoms with Crippen LogP contribution in [0.25, 0.3) is 10.9 Å². The SMILES string of the molecule is Cl.O=C(CCl)NCCc1cccc2cccnc12. The fourth-order valence-corrected chi connectivity index (χ4v) is 1.85. The number of benzene rings is 1. The zero-order chi connectivity index (χ0) is 12.1. The van der Waals surface area contributed by atoms with E-state index < -0.39 is 0 Å². The minimum absolute atomic E-state index is 0. The summed E-state index contributed by atoms with van der Waals surface area (Å²) in [6, 6.07) is 10.0. The summed E-state index contributed by atoms with van der Waals surface area (Å²) in [5.74, 6) is -0.131. The summed E-state index contributed by atoms with van der Waals surface area (Å²) in [7, 11) is 0. The molecular weight excluding hydrogens is 271 g/mol. The molecule has 5 heteroatoms. The molecule has 0 saturated heterocycles. The second-order valence-electron chi connectivity index (χ2n) is 3.73. The molecule has 0 aliphatic heterocycles. The third kappa shape index (κ3) is 3.59. The molecule has 0 unspecified atom stereocenters. The van der Waals surface area contributed by atoms with Gasteiger partial charge in [-0.1, -0.05) is 24.3 Å². The van der Waals surface area contributed by atoms with E-state index in [1.807, 2.05) is 30.3 Å². The molecule has 0 aliphatic carbocycles. The second-order valence-corrected chi connectivity index (χ2v) is 3.99. The van der Waals surface area contributed by atoms with Crippen molar-refractivity contribution in [3.05, 3.63) is 42.1 Å². The van der Waals surface area contributed by atoms with Crippen LogP contribution in [0, 0.1) is 0 Å². The molecule has 0 saturated carbocycles. The van der Waals surface area contributed by atoms with Crippen LogP contribution in [0.4, 0.5) is 0 Å². The van der Waals surface area contributed by atoms with Gasteiger partial charge >= 0.3 is 0 Å². The van der Waals surface area contributed by atoms with Gasteiger partial charge in [-0.25, -0.2) is 0 Å². The van der Waals surface area contributed by atoms with Gasteiger partial charge in [-0.05, 0) is 18.1 Å². The standard InChI is InChI=1S/C13H13ClN2O.ClH/c14-9-12(17)15-8-6-11-4-1-3-10-5-2-7-16-13(10)11;/h1-5,7H,6,8-9H2,(H,15,17);1H. The van der Waals surface area contributed by atoms with Gasteiger partial charge in [0, 0.05) is 18.1 Å². The lowest BCUT2D eigenvalue weighted by Gasteiger charge is -2.06. The van der Waals surface area contributed by atoms with Gasteiger partial charge in [0.1, 0.15) is 5.88 Å². The van der Waals surface area contributed by atoms with E-state index >= 15 is 0 Å². The number of halogens is 2. The van der Waals surface area contributed by atoms with Gasteiger partial charge in [-0.15, -0.1) is 24.0 Å². The summed E-state index contributed by atoms with van der Waals surface area (Å²) in [5, 5.41) is 3.87. The van der Waals surface area contributed by atoms with E-state index in [4.69, 9.17) is 11.6 Å². The maximum atomic E-state index is 11.0. The first-order valence-corrected chi connectivity index (χ1v) is 6.00. The number of nitrogens with zero attached hydrogens (tertiary/aromatic N) is 1. The summed E-state index contributed by atoms with van der Waals surface area (Å²) in [4.78, 5) is 15.4. The average Bonchev–Trinajstić information content (AvgIpc) is 2.39. The number of carbonyl (C=O) groups is 1. The quantitative estimate of drug-likeness (QED) is 0.877. The number of amides is 1. The Balaban J connectivity index is 0.00000162. The van der Waals surface area contributed by atoms with Crippen molar-refractivity contribution >= 4 is 40.8 Å². The van der Waals surface area contributed by atoms with Gasteiger partial charge < -0.3 is 5.32 Å². The van der Waals surface area contributed by atoms with Crippen molar-refractivity contribution in [3.8, 4) is 0 Å². The average molecular weight is 285 g/mol. The molecule has 18 heavy (non-hydrogen) atoms. The predicted molar refractivity (Wildman–Crippen MR) is 76.4 cm³/mol. The summed E-state index contributed by atoms with van der Waals surface area (Å²) < 4.78 is 0. The molecule has 0 atom stereocenters. The van der Waals surface area contributed by atoms with Gasteiger partial charge in [-0.3, -0.25) is 9.78 Å². The molecule has 1 aromatic carbocycles. The molecule has 2 aromatic rings. The van der Waals surface area contributed by atoms with Crippen LogP contribution >= 0.6 is 24.0 Å². The lowest BCUT2D eigenvalue weighted by Crippen LogP contribution is -2.26. The molecule has 0 aliphatic rings. The predicted octanol–water partition coefficient (Wildman–Crippen LogP) is 2.55. The van der Waals surface area contributed by atoms with Crippen LogP contribution in [0.3, 0.4) is 0 Å². The van der Waals surface area contributed by atoms with Crippen LogP contribution in [-0.2, 0) is 11.2 Å². The van der Waals surface area contributed by atoms with E-state index in [0.717, 1.165) is 22.9 Å². The van der Waals surface area contributed by atoms with E-state index in [-0.39, 0.29) is 24.2 Å². The van der Waals surface area contributed by atoms with Crippen molar-refractivity contribution in [3.63, 3.8) is 0 Å². The van der Waals surface area contributed by atoms with Crippen molar-refractivity contribution < 1.29 is 4.79 Å². The van der Waals surface area contributed by atoms with Crippen LogP contribution in [0.5, 0.6) is 0 Å². The molecule has 1 amide bonds. The van der Waals surface area contributed by atoms with E-state index in [1.54, 1.807) is 6.20 Å². The topological polar surface area (TPSA) is 42.0 Å². The van der Waals surface area contributed by atoms with Crippen molar-refractivity contribution in [2.45, 2.75) is 6.42 Å². The Hall–Kier alpha value is -1.32. The highest BCUT2D eigenvalue weighted by Crippen LogP contribution is 2.15. The summed E-state index contributed by atoms with van der Waals surface area (Å²) in [5.41, 5.74) is 2.13. The zero-order valence-corrected chi connectivity index (χ0v) is 11.3. The monoisotopic (exact) mass is 284 g/mol. The first kappa shape index (κ1) is 14.7. The highest BCUT2D eigenvalue weighted by Gasteiger charge is 2.02. The molecule has 0 bridgehead atoms. The van der Waals surface area contributed by atoms with Crippen molar-refractivity contribution in [1.82, 2.24) is 10.3 Å². The number of para-hydroxylation sites is 1. The largest absolute Gasteiger partial charge is 0.355 e. The number of aromatic nitrogens is 1. The van der Waals surface area contributed by atoms with E-state index in [9.17, 15) is 4.79 Å². The molecule has 0 fully saturated rings. The van der Waals surface area contributed by atoms with Crippen molar-refractivity contribution in [2.75, 3.05) is 12.4 Å². The van der Waals surface area contributed by atoms with E-state index in [2.05, 4.69) is 10.3 Å². The Bertz CT molecular complexity index is 526. The van der Waals surface area contributed by atoms with Crippen molar-refractivity contribution in [1.29, 1.82) is 0 Å². The summed E-state index contributed by atoms with van der Waals surface area (Å²) >= 11 is 5.40. The third-order valence-electron chi connectivity index (χ3n) is 2.55. The van der Waals surface area contributed by atoms with Crippen LogP contribution in [0.15, 0.2) is 36.5 Å². The molecule has 96 valence electrons. The smallest absolute Gasteiger partial charge is 0.234 e. The molecular formula is C13H14Cl2N2O. The fourth-order valence-electron chi connectivity index (χ4n) is 1.75. The summed E-state index contributed by atoms with van der Waals surface area (Å²) in [6.45, 7) is 0.585. The Labute approximate surface area is 117 Å². The maximum Gasteiger partial charge on any atom is 0.234 e. The first-order valence-electron chi connectivity index (χ1n) is 5.46. The number of pyridine rings is 1. The number of nitrogens with one attached hydrogen (secondary N) is 1. The second kappa shape index (κ2) is 7.19. The molecule has 0 radical (unpaired) electrons. The van der Waals surface area contributed by atoms with Gasteiger partial charge in [0.15, 0.2) is 0 Å². The van der Waals surface area contributed by atoms with Gasteiger partial charge in [0.2, 0.25) is 5.91 Å². The van der Waals surface area contributed by atoms with Gasteiger partial charge in [-0.2, -0.15) is 0 Å². The van der Waals surface area contributed by atoms with Gasteiger partial charge in [0.05, 0.1) is 5.52 Å². The Morgan fingerprint density at radius 3 is 2.83 bits per heavy atom. The molecule has 1 aromatic heterocycles. The van der Waals surface area contributed by atoms with E-state index in [0.29, 0.717) is 6.54 Å². The number of hydrogen-bond donors (Lipinski definition) is 1. The molecule has 1 heterocycles. The van der Waals surface area contributed by atoms with Crippen LogP contribution < -0.4 is 5.32 Å². The lowest BCUT2D eigenvalue weighted by molar-refractivity contribution is -0.118. The zero-order valence-electron chi connectivity index (χ0n) is 9.73. The van der Waals surface area contributed by atoms with Gasteiger partial charge in [0.25, 0.3) is 0 Å². The first-order chi connectivity index (χ1) is 8.31. The minimum atomic E-state index is -0.139. The Morgan fingerprint density at radius 2 is 2.06 bits per heavy atom. The lowest BCUT2D eigenvalue weighted by atomic mass is 10.1. The highest BCUT2D eigenvalue weighted by atomic mass is 35.5. The molecule has 3 nitrogen and oxygen atoms in total. The molecule has 1 N–H and O–H groups in total. The fraction of sp³-hybridized carbons (Fsp3) is 0.231. The van der Waals surface area contributed by atoms with Crippen LogP contribution in [0.1, 0.15) is 5.56 Å². The van der Waals surface area contributed by atoms with E-state index in [1.165, 1.54) is 0 Å². The minimum Gasteiger partial charge on any atom is -0.355 e. The molecule has 0 spiro atoms. The molecule has 2 rings (SSSR count). The Morgan fingerprint density at radius 1 is 1.28 bits per heavy atom. The van der Waals surface area contributed by atoms with Crippen LogP contribution in [0.2, 0.25) is 0 Å². The number of carbonyl (C=O) groups excluding carboxylic acids is 1. The maximum absolute atomic E-state index is 11.0. The third-order valence-corrected chi connectivity index (χ3v) is 2.80. The highest BCUT2D eigenvalue weighted by molar-refractivity contribution is 6.27. The number of hydrogen-bond acceptors (Lipinski definition) is 2. The van der Waals surface area contributed by atoms with Crippen LogP contribution in [-0.4, -0.2) is 23.3 Å². The van der Waals surface area contributed by atoms with Crippen molar-refractivity contribution in [2.24, 2.45) is 0 Å².